The Bertz CT molecular complexity index is 1020. The van der Waals surface area contributed by atoms with Crippen LogP contribution < -0.4 is 4.74 Å². The Balaban J connectivity index is 0.000000429. The second kappa shape index (κ2) is 11.1. The van der Waals surface area contributed by atoms with Gasteiger partial charge < -0.3 is 19.5 Å². The molecule has 1 aromatic carbocycles. The largest absolute Gasteiger partial charge is 0.493 e. The quantitative estimate of drug-likeness (QED) is 0.682. The van der Waals surface area contributed by atoms with Crippen molar-refractivity contribution in [3.05, 3.63) is 58.9 Å². The fourth-order valence-electron chi connectivity index (χ4n) is 4.25. The van der Waals surface area contributed by atoms with E-state index in [1.807, 2.05) is 43.0 Å². The maximum Gasteiger partial charge on any atom is 0.490 e. The second-order valence-corrected chi connectivity index (χ2v) is 8.96. The molecule has 1 amide bonds. The van der Waals surface area contributed by atoms with Crippen LogP contribution in [0.5, 0.6) is 5.75 Å². The van der Waals surface area contributed by atoms with Crippen LogP contribution in [0, 0.1) is 32.6 Å². The van der Waals surface area contributed by atoms with Gasteiger partial charge in [-0.3, -0.25) is 9.78 Å². The molecule has 0 unspecified atom stereocenters. The number of carboxylic acids is 1. The molecule has 0 aliphatic carbocycles. The molecule has 2 aromatic rings. The first-order valence-electron chi connectivity index (χ1n) is 11.3. The standard InChI is InChI=1S/C23H28N2O3.C2HF3O2/c1-15-4-6-18(7-5-15)10-23(26)25-11-21-19(14-28-22(21)12-25)13-27-20-8-16(2)24-17(3)9-20;3-2(4,5)1(6)7/h4-9,19,21-22H,10-14H2,1-3H3;(H,6,7)/t19-,21+,22+;/m0./s1. The van der Waals surface area contributed by atoms with Crippen LogP contribution in [0.15, 0.2) is 36.4 Å². The number of benzene rings is 1. The van der Waals surface area contributed by atoms with E-state index in [-0.39, 0.29) is 12.0 Å². The summed E-state index contributed by atoms with van der Waals surface area (Å²) < 4.78 is 43.8. The van der Waals surface area contributed by atoms with Crippen molar-refractivity contribution >= 4 is 11.9 Å². The third-order valence-electron chi connectivity index (χ3n) is 6.03. The van der Waals surface area contributed by atoms with Gasteiger partial charge >= 0.3 is 12.1 Å². The molecule has 0 spiro atoms. The maximum absolute atomic E-state index is 12.7. The Labute approximate surface area is 201 Å². The van der Waals surface area contributed by atoms with E-state index >= 15 is 0 Å². The smallest absolute Gasteiger partial charge is 0.490 e. The van der Waals surface area contributed by atoms with Gasteiger partial charge in [-0.15, -0.1) is 0 Å². The monoisotopic (exact) mass is 494 g/mol. The van der Waals surface area contributed by atoms with Crippen molar-refractivity contribution in [1.82, 2.24) is 9.88 Å². The molecule has 3 atom stereocenters. The number of carboxylic acid groups (broad SMARTS) is 1. The minimum atomic E-state index is -5.08. The average Bonchev–Trinajstić information content (AvgIpc) is 3.34. The molecule has 1 aromatic heterocycles. The summed E-state index contributed by atoms with van der Waals surface area (Å²) in [5, 5.41) is 7.12. The molecule has 2 aliphatic heterocycles. The number of rotatable bonds is 5. The van der Waals surface area contributed by atoms with Crippen LogP contribution in [-0.2, 0) is 20.7 Å². The molecule has 10 heteroatoms. The van der Waals surface area contributed by atoms with Gasteiger partial charge in [0.25, 0.3) is 0 Å². The Hall–Kier alpha value is -3.14. The van der Waals surface area contributed by atoms with Crippen molar-refractivity contribution in [3.8, 4) is 5.75 Å². The first kappa shape index (κ1) is 26.5. The highest BCUT2D eigenvalue weighted by Gasteiger charge is 2.45. The van der Waals surface area contributed by atoms with Gasteiger partial charge in [-0.05, 0) is 26.3 Å². The van der Waals surface area contributed by atoms with Crippen LogP contribution in [0.3, 0.4) is 0 Å². The lowest BCUT2D eigenvalue weighted by Crippen LogP contribution is -2.33. The Morgan fingerprint density at radius 2 is 1.71 bits per heavy atom. The maximum atomic E-state index is 12.7. The zero-order chi connectivity index (χ0) is 25.8. The molecular weight excluding hydrogens is 465 g/mol. The SMILES string of the molecule is Cc1ccc(CC(=O)N2C[C@@H]3[C@@H](COc4cc(C)nc(C)c4)CO[C@@H]3C2)cc1.O=C(O)C(F)(F)F. The molecular formula is C25H29F3N2O5. The Morgan fingerprint density at radius 1 is 1.11 bits per heavy atom. The summed E-state index contributed by atoms with van der Waals surface area (Å²) in [6.07, 6.45) is -4.49. The molecule has 0 bridgehead atoms. The summed E-state index contributed by atoms with van der Waals surface area (Å²) in [6, 6.07) is 12.1. The number of alkyl halides is 3. The van der Waals surface area contributed by atoms with Crippen LogP contribution in [0.1, 0.15) is 22.5 Å². The Kier molecular flexibility index (Phi) is 8.37. The van der Waals surface area contributed by atoms with Gasteiger partial charge in [0.1, 0.15) is 5.75 Å². The van der Waals surface area contributed by atoms with E-state index in [4.69, 9.17) is 19.4 Å². The predicted octanol–water partition coefficient (Wildman–Crippen LogP) is 3.74. The number of hydrogen-bond donors (Lipinski definition) is 1. The number of fused-ring (bicyclic) bond motifs is 1. The van der Waals surface area contributed by atoms with Gasteiger partial charge in [-0.2, -0.15) is 13.2 Å². The van der Waals surface area contributed by atoms with Crippen LogP contribution in [0.25, 0.3) is 0 Å². The lowest BCUT2D eigenvalue weighted by Gasteiger charge is -2.20. The van der Waals surface area contributed by atoms with Gasteiger partial charge in [0.15, 0.2) is 0 Å². The van der Waals surface area contributed by atoms with Gasteiger partial charge in [0.2, 0.25) is 5.91 Å². The highest BCUT2D eigenvalue weighted by molar-refractivity contribution is 5.79. The van der Waals surface area contributed by atoms with Crippen molar-refractivity contribution < 1.29 is 37.3 Å². The zero-order valence-electron chi connectivity index (χ0n) is 19.8. The third kappa shape index (κ3) is 7.42. The zero-order valence-corrected chi connectivity index (χ0v) is 19.8. The van der Waals surface area contributed by atoms with E-state index in [9.17, 15) is 18.0 Å². The van der Waals surface area contributed by atoms with E-state index in [2.05, 4.69) is 24.0 Å². The predicted molar refractivity (Wildman–Crippen MR) is 121 cm³/mol. The van der Waals surface area contributed by atoms with Crippen molar-refractivity contribution in [2.75, 3.05) is 26.3 Å². The van der Waals surface area contributed by atoms with E-state index in [0.717, 1.165) is 29.2 Å². The summed E-state index contributed by atoms with van der Waals surface area (Å²) in [4.78, 5) is 28.0. The van der Waals surface area contributed by atoms with E-state index < -0.39 is 12.1 Å². The molecule has 0 radical (unpaired) electrons. The first-order chi connectivity index (χ1) is 16.4. The first-order valence-corrected chi connectivity index (χ1v) is 11.3. The van der Waals surface area contributed by atoms with Gasteiger partial charge in [-0.1, -0.05) is 29.8 Å². The highest BCUT2D eigenvalue weighted by atomic mass is 19.4. The number of aromatic nitrogens is 1. The summed E-state index contributed by atoms with van der Waals surface area (Å²) in [6.45, 7) is 8.78. The molecule has 4 rings (SSSR count). The second-order valence-electron chi connectivity index (χ2n) is 8.96. The molecule has 190 valence electrons. The minimum Gasteiger partial charge on any atom is -0.493 e. The molecule has 2 saturated heterocycles. The number of likely N-dealkylation sites (tertiary alicyclic amines) is 1. The fourth-order valence-corrected chi connectivity index (χ4v) is 4.25. The number of pyridine rings is 1. The van der Waals surface area contributed by atoms with Crippen molar-refractivity contribution in [3.63, 3.8) is 0 Å². The molecule has 7 nitrogen and oxygen atoms in total. The number of aliphatic carboxylic acids is 1. The summed E-state index contributed by atoms with van der Waals surface area (Å²) in [5.74, 6) is -1.05. The number of hydrogen-bond acceptors (Lipinski definition) is 5. The number of amides is 1. The molecule has 3 heterocycles. The summed E-state index contributed by atoms with van der Waals surface area (Å²) >= 11 is 0. The molecule has 35 heavy (non-hydrogen) atoms. The molecule has 2 aliphatic rings. The Morgan fingerprint density at radius 3 is 2.29 bits per heavy atom. The number of aryl methyl sites for hydroxylation is 3. The minimum absolute atomic E-state index is 0.136. The van der Waals surface area contributed by atoms with Crippen LogP contribution in [0.4, 0.5) is 13.2 Å². The number of carbonyl (C=O) groups excluding carboxylic acids is 1. The number of nitrogens with zero attached hydrogens (tertiary/aromatic N) is 2. The summed E-state index contributed by atoms with van der Waals surface area (Å²) in [7, 11) is 0. The van der Waals surface area contributed by atoms with E-state index in [0.29, 0.717) is 38.0 Å². The van der Waals surface area contributed by atoms with Gasteiger partial charge in [0.05, 0.1) is 25.7 Å². The molecule has 0 saturated carbocycles. The number of ether oxygens (including phenoxy) is 2. The lowest BCUT2D eigenvalue weighted by atomic mass is 9.94. The van der Waals surface area contributed by atoms with Crippen LogP contribution in [0.2, 0.25) is 0 Å². The van der Waals surface area contributed by atoms with Crippen LogP contribution in [-0.4, -0.2) is 65.5 Å². The van der Waals surface area contributed by atoms with Crippen molar-refractivity contribution in [1.29, 1.82) is 0 Å². The van der Waals surface area contributed by atoms with Crippen molar-refractivity contribution in [2.45, 2.75) is 39.5 Å². The van der Waals surface area contributed by atoms with Gasteiger partial charge in [0, 0.05) is 48.4 Å². The topological polar surface area (TPSA) is 89.0 Å². The van der Waals surface area contributed by atoms with Crippen LogP contribution >= 0.6 is 0 Å². The molecule has 2 fully saturated rings. The average molecular weight is 495 g/mol. The third-order valence-corrected chi connectivity index (χ3v) is 6.03. The number of halogens is 3. The normalized spacial score (nSPS) is 21.2. The van der Waals surface area contributed by atoms with E-state index in [1.54, 1.807) is 0 Å². The van der Waals surface area contributed by atoms with Crippen molar-refractivity contribution in [2.24, 2.45) is 11.8 Å². The fraction of sp³-hybridized carbons (Fsp3) is 0.480. The summed E-state index contributed by atoms with van der Waals surface area (Å²) in [5.41, 5.74) is 4.20. The number of carbonyl (C=O) groups is 2. The highest BCUT2D eigenvalue weighted by Crippen LogP contribution is 2.34. The van der Waals surface area contributed by atoms with E-state index in [1.165, 1.54) is 5.56 Å². The van der Waals surface area contributed by atoms with Gasteiger partial charge in [-0.25, -0.2) is 4.79 Å². The molecule has 1 N–H and O–H groups in total. The lowest BCUT2D eigenvalue weighted by molar-refractivity contribution is -0.192.